The fraction of sp³-hybridized carbons (Fsp3) is 0.632. The molecule has 0 saturated carbocycles. The first kappa shape index (κ1) is 18.5. The molecule has 2 atom stereocenters. The van der Waals surface area contributed by atoms with E-state index < -0.39 is 0 Å². The van der Waals surface area contributed by atoms with Crippen LogP contribution in [0.3, 0.4) is 0 Å². The lowest BCUT2D eigenvalue weighted by molar-refractivity contribution is -0.0717. The second kappa shape index (κ2) is 7.94. The summed E-state index contributed by atoms with van der Waals surface area (Å²) >= 11 is 6.06. The number of rotatable bonds is 3. The third-order valence-corrected chi connectivity index (χ3v) is 5.15. The average Bonchev–Trinajstić information content (AvgIpc) is 2.59. The van der Waals surface area contributed by atoms with Crippen molar-refractivity contribution in [1.82, 2.24) is 10.2 Å². The van der Waals surface area contributed by atoms with Crippen molar-refractivity contribution in [3.8, 4) is 0 Å². The summed E-state index contributed by atoms with van der Waals surface area (Å²) < 4.78 is 11.6. The van der Waals surface area contributed by atoms with Crippen LogP contribution in [-0.4, -0.2) is 49.4 Å². The van der Waals surface area contributed by atoms with Gasteiger partial charge in [0.2, 0.25) is 0 Å². The Morgan fingerprint density at radius 2 is 2.24 bits per heavy atom. The van der Waals surface area contributed by atoms with Crippen molar-refractivity contribution in [2.24, 2.45) is 5.92 Å². The van der Waals surface area contributed by atoms with Gasteiger partial charge in [-0.15, -0.1) is 0 Å². The van der Waals surface area contributed by atoms with Gasteiger partial charge in [0.1, 0.15) is 6.10 Å². The minimum Gasteiger partial charge on any atom is -0.376 e. The van der Waals surface area contributed by atoms with Gasteiger partial charge in [0.15, 0.2) is 0 Å². The zero-order chi connectivity index (χ0) is 17.9. The van der Waals surface area contributed by atoms with Crippen LogP contribution in [0.1, 0.15) is 38.4 Å². The number of amides is 2. The normalized spacial score (nSPS) is 26.3. The Hall–Kier alpha value is -1.30. The van der Waals surface area contributed by atoms with Crippen molar-refractivity contribution in [3.63, 3.8) is 0 Å². The van der Waals surface area contributed by atoms with Crippen LogP contribution in [0.15, 0.2) is 24.3 Å². The first-order chi connectivity index (χ1) is 11.9. The van der Waals surface area contributed by atoms with Gasteiger partial charge < -0.3 is 19.7 Å². The zero-order valence-corrected chi connectivity index (χ0v) is 15.7. The number of ether oxygens (including phenoxy) is 2. The van der Waals surface area contributed by atoms with Crippen molar-refractivity contribution >= 4 is 17.6 Å². The molecule has 1 aromatic carbocycles. The van der Waals surface area contributed by atoms with Gasteiger partial charge in [-0.3, -0.25) is 0 Å². The molecule has 2 amide bonds. The predicted octanol–water partition coefficient (Wildman–Crippen LogP) is 3.63. The van der Waals surface area contributed by atoms with Gasteiger partial charge in [0, 0.05) is 24.7 Å². The Kier molecular flexibility index (Phi) is 5.87. The van der Waals surface area contributed by atoms with Crippen molar-refractivity contribution < 1.29 is 14.3 Å². The fourth-order valence-electron chi connectivity index (χ4n) is 3.62. The molecule has 0 radical (unpaired) electrons. The molecule has 138 valence electrons. The molecule has 2 aliphatic rings. The van der Waals surface area contributed by atoms with Crippen molar-refractivity contribution in [3.05, 3.63) is 34.9 Å². The third kappa shape index (κ3) is 5.09. The molecule has 25 heavy (non-hydrogen) atoms. The molecule has 1 N–H and O–H groups in total. The van der Waals surface area contributed by atoms with Crippen LogP contribution in [0.25, 0.3) is 0 Å². The number of carbonyl (C=O) groups excluding carboxylic acids is 1. The van der Waals surface area contributed by atoms with Crippen LogP contribution in [0, 0.1) is 5.92 Å². The smallest absolute Gasteiger partial charge is 0.317 e. The number of halogens is 1. The Morgan fingerprint density at radius 3 is 3.00 bits per heavy atom. The number of nitrogens with zero attached hydrogens (tertiary/aromatic N) is 1. The minimum atomic E-state index is -0.125. The van der Waals surface area contributed by atoms with E-state index in [1.807, 2.05) is 29.2 Å². The number of morpholine rings is 1. The second-order valence-electron chi connectivity index (χ2n) is 7.51. The number of hydrogen-bond acceptors (Lipinski definition) is 3. The van der Waals surface area contributed by atoms with Crippen molar-refractivity contribution in [1.29, 1.82) is 0 Å². The van der Waals surface area contributed by atoms with Crippen molar-refractivity contribution in [2.75, 3.05) is 32.8 Å². The maximum absolute atomic E-state index is 12.5. The van der Waals surface area contributed by atoms with Gasteiger partial charge in [-0.25, -0.2) is 4.79 Å². The van der Waals surface area contributed by atoms with E-state index in [-0.39, 0.29) is 17.7 Å². The Bertz CT molecular complexity index is 608. The first-order valence-corrected chi connectivity index (χ1v) is 9.34. The SMILES string of the molecule is CC1(C)CC(CNC(=O)N2CCOC(c3cccc(Cl)c3)C2)CCO1. The lowest BCUT2D eigenvalue weighted by Gasteiger charge is -2.37. The molecule has 0 aromatic heterocycles. The standard InChI is InChI=1S/C19H27ClN2O3/c1-19(2)11-14(6-8-25-19)12-21-18(23)22-7-9-24-17(13-22)15-4-3-5-16(20)10-15/h3-5,10,14,17H,6-9,11-13H2,1-2H3,(H,21,23). The monoisotopic (exact) mass is 366 g/mol. The van der Waals surface area contributed by atoms with Gasteiger partial charge in [-0.1, -0.05) is 23.7 Å². The Morgan fingerprint density at radius 1 is 1.40 bits per heavy atom. The highest BCUT2D eigenvalue weighted by molar-refractivity contribution is 6.30. The van der Waals surface area contributed by atoms with Crippen LogP contribution in [0.2, 0.25) is 5.02 Å². The summed E-state index contributed by atoms with van der Waals surface area (Å²) in [5.74, 6) is 0.470. The summed E-state index contributed by atoms with van der Waals surface area (Å²) in [6.45, 7) is 7.38. The molecular weight excluding hydrogens is 340 g/mol. The molecule has 2 aliphatic heterocycles. The molecule has 2 saturated heterocycles. The zero-order valence-electron chi connectivity index (χ0n) is 15.0. The fourth-order valence-corrected chi connectivity index (χ4v) is 3.82. The molecule has 6 heteroatoms. The largest absolute Gasteiger partial charge is 0.376 e. The molecule has 0 aliphatic carbocycles. The molecular formula is C19H27ClN2O3. The highest BCUT2D eigenvalue weighted by atomic mass is 35.5. The number of urea groups is 1. The third-order valence-electron chi connectivity index (χ3n) is 4.92. The predicted molar refractivity (Wildman–Crippen MR) is 97.9 cm³/mol. The summed E-state index contributed by atoms with van der Waals surface area (Å²) in [7, 11) is 0. The lowest BCUT2D eigenvalue weighted by Crippen LogP contribution is -2.49. The molecule has 0 spiro atoms. The second-order valence-corrected chi connectivity index (χ2v) is 7.95. The van der Waals surface area contributed by atoms with E-state index in [1.165, 1.54) is 0 Å². The average molecular weight is 367 g/mol. The van der Waals surface area contributed by atoms with E-state index in [0.29, 0.717) is 37.2 Å². The Balaban J connectivity index is 1.52. The van der Waals surface area contributed by atoms with Crippen molar-refractivity contribution in [2.45, 2.75) is 38.4 Å². The van der Waals surface area contributed by atoms with E-state index >= 15 is 0 Å². The maximum Gasteiger partial charge on any atom is 0.317 e. The number of carbonyl (C=O) groups is 1. The van der Waals surface area contributed by atoms with E-state index in [1.54, 1.807) is 0 Å². The maximum atomic E-state index is 12.5. The van der Waals surface area contributed by atoms with E-state index in [2.05, 4.69) is 19.2 Å². The van der Waals surface area contributed by atoms with Gasteiger partial charge in [0.05, 0.1) is 18.8 Å². The number of benzene rings is 1. The molecule has 2 heterocycles. The molecule has 2 unspecified atom stereocenters. The molecule has 2 fully saturated rings. The summed E-state index contributed by atoms with van der Waals surface area (Å²) in [4.78, 5) is 14.4. The quantitative estimate of drug-likeness (QED) is 0.888. The van der Waals surface area contributed by atoms with Crippen LogP contribution >= 0.6 is 11.6 Å². The molecule has 5 nitrogen and oxygen atoms in total. The van der Waals surface area contributed by atoms with E-state index in [4.69, 9.17) is 21.1 Å². The number of nitrogens with one attached hydrogen (secondary N) is 1. The molecule has 0 bridgehead atoms. The molecule has 1 aromatic rings. The van der Waals surface area contributed by atoms with Crippen LogP contribution < -0.4 is 5.32 Å². The van der Waals surface area contributed by atoms with Gasteiger partial charge in [-0.2, -0.15) is 0 Å². The van der Waals surface area contributed by atoms with Gasteiger partial charge in [0.25, 0.3) is 0 Å². The highest BCUT2D eigenvalue weighted by Crippen LogP contribution is 2.28. The topological polar surface area (TPSA) is 50.8 Å². The summed E-state index contributed by atoms with van der Waals surface area (Å²) in [5.41, 5.74) is 0.917. The number of hydrogen-bond donors (Lipinski definition) is 1. The summed E-state index contributed by atoms with van der Waals surface area (Å²) in [5, 5.41) is 3.78. The Labute approximate surface area is 154 Å². The van der Waals surface area contributed by atoms with Gasteiger partial charge >= 0.3 is 6.03 Å². The van der Waals surface area contributed by atoms with Gasteiger partial charge in [-0.05, 0) is 50.3 Å². The highest BCUT2D eigenvalue weighted by Gasteiger charge is 2.30. The summed E-state index contributed by atoms with van der Waals surface area (Å²) in [6.07, 6.45) is 1.85. The van der Waals surface area contributed by atoms with Crippen LogP contribution in [0.5, 0.6) is 0 Å². The van der Waals surface area contributed by atoms with Crippen LogP contribution in [-0.2, 0) is 9.47 Å². The lowest BCUT2D eigenvalue weighted by atomic mass is 9.88. The minimum absolute atomic E-state index is 0.0142. The summed E-state index contributed by atoms with van der Waals surface area (Å²) in [6, 6.07) is 7.63. The van der Waals surface area contributed by atoms with E-state index in [0.717, 1.165) is 25.0 Å². The van der Waals surface area contributed by atoms with E-state index in [9.17, 15) is 4.79 Å². The first-order valence-electron chi connectivity index (χ1n) is 8.97. The molecule has 3 rings (SSSR count). The van der Waals surface area contributed by atoms with Crippen LogP contribution in [0.4, 0.5) is 4.79 Å².